The molecule has 0 spiro atoms. The van der Waals surface area contributed by atoms with Crippen LogP contribution in [0.15, 0.2) is 54.6 Å². The first-order valence-electron chi connectivity index (χ1n) is 6.09. The molecule has 0 fully saturated rings. The number of para-hydroxylation sites is 1. The largest absolute Gasteiger partial charge is 2.00 e. The molecule has 0 aliphatic heterocycles. The summed E-state index contributed by atoms with van der Waals surface area (Å²) in [6, 6.07) is 18.1. The summed E-state index contributed by atoms with van der Waals surface area (Å²) in [6.07, 6.45) is 1.21. The molecule has 0 heterocycles. The molecule has 0 radical (unpaired) electrons. The van der Waals surface area contributed by atoms with Crippen molar-refractivity contribution < 1.29 is 46.4 Å². The number of rotatable bonds is 1. The molecule has 0 saturated carbocycles. The standard InChI is InChI=1S/C12H11N.2CH4O3S.Pd/c13-12-9-5-4-8-11(12)10-6-2-1-3-7-10;2*1-5(2,3)4;/h1-9H,13H2;2*1H3,(H,2,3,4);/q;;;+2/p-2. The molecule has 2 rings (SSSR count). The van der Waals surface area contributed by atoms with E-state index in [4.69, 9.17) is 31.7 Å². The minimum Gasteiger partial charge on any atom is -0.748 e. The van der Waals surface area contributed by atoms with Gasteiger partial charge < -0.3 is 14.8 Å². The van der Waals surface area contributed by atoms with Crippen molar-refractivity contribution in [2.75, 3.05) is 18.2 Å². The third-order valence-electron chi connectivity index (χ3n) is 2.05. The molecular weight excluding hydrogens is 449 g/mol. The first kappa shape index (κ1) is 25.0. The van der Waals surface area contributed by atoms with Gasteiger partial charge in [-0.3, -0.25) is 0 Å². The summed E-state index contributed by atoms with van der Waals surface area (Å²) in [5.74, 6) is 0. The van der Waals surface area contributed by atoms with Gasteiger partial charge in [0.1, 0.15) is 0 Å². The van der Waals surface area contributed by atoms with Gasteiger partial charge in [0.05, 0.1) is 20.2 Å². The second-order valence-corrected chi connectivity index (χ2v) is 7.18. The Kier molecular flexibility index (Phi) is 11.8. The van der Waals surface area contributed by atoms with E-state index in [1.807, 2.05) is 42.5 Å². The fourth-order valence-electron chi connectivity index (χ4n) is 1.38. The molecule has 7 nitrogen and oxygen atoms in total. The van der Waals surface area contributed by atoms with Crippen molar-refractivity contribution in [1.82, 2.24) is 0 Å². The zero-order valence-electron chi connectivity index (χ0n) is 12.9. The summed E-state index contributed by atoms with van der Waals surface area (Å²) in [5.41, 5.74) is 8.95. The van der Waals surface area contributed by atoms with E-state index < -0.39 is 20.2 Å². The Morgan fingerprint density at radius 3 is 1.46 bits per heavy atom. The molecule has 0 atom stereocenters. The van der Waals surface area contributed by atoms with Gasteiger partial charge in [0.2, 0.25) is 0 Å². The van der Waals surface area contributed by atoms with Gasteiger partial charge in [0.25, 0.3) is 0 Å². The van der Waals surface area contributed by atoms with E-state index in [1.54, 1.807) is 0 Å². The Hall–Kier alpha value is -1.28. The number of hydrogen-bond donors (Lipinski definition) is 1. The number of benzene rings is 2. The third kappa shape index (κ3) is 17.1. The van der Waals surface area contributed by atoms with E-state index in [0.29, 0.717) is 12.5 Å². The van der Waals surface area contributed by atoms with Crippen LogP contribution in [0.2, 0.25) is 0 Å². The molecule has 0 aliphatic carbocycles. The van der Waals surface area contributed by atoms with Crippen LogP contribution < -0.4 is 5.73 Å². The minimum atomic E-state index is -3.92. The van der Waals surface area contributed by atoms with Gasteiger partial charge in [-0.05, 0) is 11.6 Å². The summed E-state index contributed by atoms with van der Waals surface area (Å²) < 4.78 is 54.5. The Labute approximate surface area is 156 Å². The van der Waals surface area contributed by atoms with Gasteiger partial charge in [-0.15, -0.1) is 0 Å². The van der Waals surface area contributed by atoms with Crippen molar-refractivity contribution in [3.8, 4) is 11.1 Å². The molecule has 2 aromatic carbocycles. The van der Waals surface area contributed by atoms with E-state index in [0.717, 1.165) is 11.3 Å². The summed E-state index contributed by atoms with van der Waals surface area (Å²) >= 11 is 0. The van der Waals surface area contributed by atoms with Gasteiger partial charge in [0, 0.05) is 23.8 Å². The molecule has 0 unspecified atom stereocenters. The molecule has 2 aromatic rings. The summed E-state index contributed by atoms with van der Waals surface area (Å²) in [6.45, 7) is 0. The van der Waals surface area contributed by atoms with Crippen LogP contribution in [0, 0.1) is 0 Å². The van der Waals surface area contributed by atoms with Crippen molar-refractivity contribution in [2.45, 2.75) is 0 Å². The maximum Gasteiger partial charge on any atom is 2.00 e. The SMILES string of the molecule is CS(=O)(=O)[O-].CS(=O)(=O)[O-].Nc1ccccc1-c1ccccc1.[Pd+2]. The van der Waals surface area contributed by atoms with Crippen LogP contribution in [0.5, 0.6) is 0 Å². The van der Waals surface area contributed by atoms with Gasteiger partial charge in [0.15, 0.2) is 0 Å². The van der Waals surface area contributed by atoms with Crippen LogP contribution in [0.25, 0.3) is 11.1 Å². The van der Waals surface area contributed by atoms with Crippen LogP contribution in [-0.4, -0.2) is 38.5 Å². The normalized spacial score (nSPS) is 10.2. The van der Waals surface area contributed by atoms with E-state index in [1.165, 1.54) is 5.56 Å². The molecule has 2 N–H and O–H groups in total. The van der Waals surface area contributed by atoms with E-state index >= 15 is 0 Å². The quantitative estimate of drug-likeness (QED) is 0.379. The maximum absolute atomic E-state index is 9.08. The number of nitrogens with two attached hydrogens (primary N) is 1. The predicted octanol–water partition coefficient (Wildman–Crippen LogP) is 1.26. The molecule has 10 heteroatoms. The minimum absolute atomic E-state index is 0. The summed E-state index contributed by atoms with van der Waals surface area (Å²) in [7, 11) is -7.83. The van der Waals surface area contributed by atoms with Crippen molar-refractivity contribution in [1.29, 1.82) is 0 Å². The topological polar surface area (TPSA) is 140 Å². The van der Waals surface area contributed by atoms with Crippen LogP contribution in [0.4, 0.5) is 5.69 Å². The van der Waals surface area contributed by atoms with Crippen LogP contribution in [0.3, 0.4) is 0 Å². The number of anilines is 1. The molecule has 24 heavy (non-hydrogen) atoms. The molecule has 0 bridgehead atoms. The molecule has 0 amide bonds. The van der Waals surface area contributed by atoms with Crippen molar-refractivity contribution >= 4 is 25.9 Å². The predicted molar refractivity (Wildman–Crippen MR) is 87.5 cm³/mol. The first-order valence-corrected chi connectivity index (χ1v) is 9.73. The average molecular weight is 466 g/mol. The molecule has 0 aliphatic rings. The maximum atomic E-state index is 9.08. The molecule has 0 aromatic heterocycles. The van der Waals surface area contributed by atoms with E-state index in [9.17, 15) is 0 Å². The Morgan fingerprint density at radius 1 is 0.750 bits per heavy atom. The molecule has 0 saturated heterocycles. The van der Waals surface area contributed by atoms with Gasteiger partial charge in [-0.2, -0.15) is 0 Å². The zero-order chi connectivity index (χ0) is 18.1. The fourth-order valence-corrected chi connectivity index (χ4v) is 1.38. The van der Waals surface area contributed by atoms with Crippen LogP contribution in [0.1, 0.15) is 0 Å². The average Bonchev–Trinajstić information content (AvgIpc) is 2.36. The molecular formula is C14H17NO6PdS2. The Balaban J connectivity index is 0. The number of nitrogen functional groups attached to an aromatic ring is 1. The van der Waals surface area contributed by atoms with Gasteiger partial charge >= 0.3 is 20.4 Å². The smallest absolute Gasteiger partial charge is 0.748 e. The van der Waals surface area contributed by atoms with Crippen molar-refractivity contribution in [2.24, 2.45) is 0 Å². The van der Waals surface area contributed by atoms with E-state index in [-0.39, 0.29) is 20.4 Å². The zero-order valence-corrected chi connectivity index (χ0v) is 16.0. The number of hydrogen-bond acceptors (Lipinski definition) is 7. The van der Waals surface area contributed by atoms with Crippen LogP contribution >= 0.6 is 0 Å². The van der Waals surface area contributed by atoms with Gasteiger partial charge in [-0.25, -0.2) is 16.8 Å². The van der Waals surface area contributed by atoms with Gasteiger partial charge in [-0.1, -0.05) is 48.5 Å². The monoisotopic (exact) mass is 465 g/mol. The van der Waals surface area contributed by atoms with Crippen molar-refractivity contribution in [3.63, 3.8) is 0 Å². The Bertz CT molecular complexity index is 762. The van der Waals surface area contributed by atoms with Crippen LogP contribution in [-0.2, 0) is 40.7 Å². The van der Waals surface area contributed by atoms with E-state index in [2.05, 4.69) is 12.1 Å². The fraction of sp³-hybridized carbons (Fsp3) is 0.143. The second kappa shape index (κ2) is 11.3. The molecule has 136 valence electrons. The third-order valence-corrected chi connectivity index (χ3v) is 2.05. The summed E-state index contributed by atoms with van der Waals surface area (Å²) in [5, 5.41) is 0. The Morgan fingerprint density at radius 2 is 1.08 bits per heavy atom. The summed E-state index contributed by atoms with van der Waals surface area (Å²) in [4.78, 5) is 0. The first-order chi connectivity index (χ1) is 10.4. The second-order valence-electron chi connectivity index (χ2n) is 4.36. The van der Waals surface area contributed by atoms with Crippen molar-refractivity contribution in [3.05, 3.63) is 54.6 Å².